The van der Waals surface area contributed by atoms with E-state index < -0.39 is 22.5 Å². The summed E-state index contributed by atoms with van der Waals surface area (Å²) in [6.45, 7) is 1.35. The molecule has 13 heavy (non-hydrogen) atoms. The lowest BCUT2D eigenvalue weighted by atomic mass is 10.1. The highest BCUT2D eigenvalue weighted by molar-refractivity contribution is 5.37. The summed E-state index contributed by atoms with van der Waals surface area (Å²) in [6.07, 6.45) is -1.04. The Labute approximate surface area is 73.8 Å². The van der Waals surface area contributed by atoms with Gasteiger partial charge in [0.15, 0.2) is 0 Å². The Hall–Kier alpha value is -1.49. The van der Waals surface area contributed by atoms with Crippen LogP contribution in [0.2, 0.25) is 0 Å². The number of hydrogen-bond acceptors (Lipinski definition) is 3. The van der Waals surface area contributed by atoms with Crippen LogP contribution in [-0.2, 0) is 0 Å². The van der Waals surface area contributed by atoms with E-state index in [1.165, 1.54) is 19.1 Å². The molecule has 70 valence electrons. The molecule has 1 atom stereocenters. The molecule has 5 heteroatoms. The number of halogens is 1. The van der Waals surface area contributed by atoms with Crippen molar-refractivity contribution in [2.75, 3.05) is 0 Å². The summed E-state index contributed by atoms with van der Waals surface area (Å²) >= 11 is 0. The molecule has 0 heterocycles. The largest absolute Gasteiger partial charge is 0.389 e. The van der Waals surface area contributed by atoms with E-state index in [2.05, 4.69) is 0 Å². The second-order valence-electron chi connectivity index (χ2n) is 2.61. The van der Waals surface area contributed by atoms with Gasteiger partial charge in [0.1, 0.15) is 0 Å². The molecule has 0 saturated carbocycles. The van der Waals surface area contributed by atoms with Crippen molar-refractivity contribution >= 4 is 5.69 Å². The monoisotopic (exact) mass is 185 g/mol. The molecule has 0 aliphatic carbocycles. The Balaban J connectivity index is 3.26. The van der Waals surface area contributed by atoms with Crippen LogP contribution in [0.15, 0.2) is 18.2 Å². The van der Waals surface area contributed by atoms with Crippen molar-refractivity contribution in [3.8, 4) is 0 Å². The molecular formula is C8H8FNO3. The highest BCUT2D eigenvalue weighted by Gasteiger charge is 2.19. The van der Waals surface area contributed by atoms with Gasteiger partial charge in [-0.1, -0.05) is 12.1 Å². The van der Waals surface area contributed by atoms with Crippen molar-refractivity contribution in [2.45, 2.75) is 13.0 Å². The quantitative estimate of drug-likeness (QED) is 0.564. The van der Waals surface area contributed by atoms with Crippen molar-refractivity contribution < 1.29 is 14.4 Å². The molecular weight excluding hydrogens is 177 g/mol. The van der Waals surface area contributed by atoms with Gasteiger partial charge < -0.3 is 5.11 Å². The number of aliphatic hydroxyl groups excluding tert-OH is 1. The van der Waals surface area contributed by atoms with E-state index in [9.17, 15) is 14.5 Å². The van der Waals surface area contributed by atoms with E-state index in [-0.39, 0.29) is 5.56 Å². The third-order valence-corrected chi connectivity index (χ3v) is 1.65. The lowest BCUT2D eigenvalue weighted by molar-refractivity contribution is -0.387. The van der Waals surface area contributed by atoms with Crippen LogP contribution in [-0.4, -0.2) is 10.0 Å². The smallest absolute Gasteiger partial charge is 0.305 e. The summed E-state index contributed by atoms with van der Waals surface area (Å²) in [5.41, 5.74) is -0.674. The van der Waals surface area contributed by atoms with Gasteiger partial charge in [0, 0.05) is 11.6 Å². The van der Waals surface area contributed by atoms with Gasteiger partial charge >= 0.3 is 5.69 Å². The van der Waals surface area contributed by atoms with Gasteiger partial charge in [0.2, 0.25) is 5.82 Å². The summed E-state index contributed by atoms with van der Waals surface area (Å²) in [6, 6.07) is 3.71. The second-order valence-corrected chi connectivity index (χ2v) is 2.61. The molecule has 0 spiro atoms. The van der Waals surface area contributed by atoms with E-state index in [4.69, 9.17) is 5.11 Å². The van der Waals surface area contributed by atoms with Crippen LogP contribution in [0.5, 0.6) is 0 Å². The SMILES string of the molecule is CC(O)c1cccc([N+](=O)[O-])c1F. The first-order valence-electron chi connectivity index (χ1n) is 3.65. The molecule has 0 amide bonds. The first-order chi connectivity index (χ1) is 6.04. The van der Waals surface area contributed by atoms with Gasteiger partial charge in [0.25, 0.3) is 0 Å². The lowest BCUT2D eigenvalue weighted by Gasteiger charge is -2.04. The molecule has 1 rings (SSSR count). The second kappa shape index (κ2) is 3.49. The van der Waals surface area contributed by atoms with Crippen molar-refractivity contribution in [3.63, 3.8) is 0 Å². The Morgan fingerprint density at radius 3 is 2.69 bits per heavy atom. The number of nitro groups is 1. The first-order valence-corrected chi connectivity index (χ1v) is 3.65. The molecule has 0 aliphatic heterocycles. The van der Waals surface area contributed by atoms with Gasteiger partial charge in [-0.15, -0.1) is 0 Å². The average Bonchev–Trinajstić information content (AvgIpc) is 2.03. The molecule has 0 aromatic heterocycles. The first kappa shape index (κ1) is 9.60. The summed E-state index contributed by atoms with van der Waals surface area (Å²) in [5, 5.41) is 19.3. The van der Waals surface area contributed by atoms with Crippen molar-refractivity contribution in [3.05, 3.63) is 39.7 Å². The minimum Gasteiger partial charge on any atom is -0.389 e. The molecule has 0 fully saturated rings. The topological polar surface area (TPSA) is 63.4 Å². The number of nitro benzene ring substituents is 1. The van der Waals surface area contributed by atoms with Gasteiger partial charge in [0.05, 0.1) is 11.0 Å². The van der Waals surface area contributed by atoms with Gasteiger partial charge in [-0.05, 0) is 6.92 Å². The zero-order valence-electron chi connectivity index (χ0n) is 6.90. The van der Waals surface area contributed by atoms with Crippen LogP contribution in [0, 0.1) is 15.9 Å². The number of benzene rings is 1. The summed E-state index contributed by atoms with van der Waals surface area (Å²) in [7, 11) is 0. The summed E-state index contributed by atoms with van der Waals surface area (Å²) < 4.78 is 13.2. The van der Waals surface area contributed by atoms with Crippen molar-refractivity contribution in [1.82, 2.24) is 0 Å². The van der Waals surface area contributed by atoms with E-state index >= 15 is 0 Å². The maximum Gasteiger partial charge on any atom is 0.305 e. The predicted octanol–water partition coefficient (Wildman–Crippen LogP) is 1.79. The van der Waals surface area contributed by atoms with E-state index in [0.717, 1.165) is 6.07 Å². The standard InChI is InChI=1S/C8H8FNO3/c1-5(11)6-3-2-4-7(8(6)9)10(12)13/h2-5,11H,1H3. The zero-order chi connectivity index (χ0) is 10.0. The molecule has 1 N–H and O–H groups in total. The Morgan fingerprint density at radius 1 is 1.62 bits per heavy atom. The number of nitrogens with zero attached hydrogens (tertiary/aromatic N) is 1. The molecule has 0 bridgehead atoms. The number of aliphatic hydroxyl groups is 1. The number of rotatable bonds is 2. The third kappa shape index (κ3) is 1.81. The van der Waals surface area contributed by atoms with Crippen LogP contribution in [0.4, 0.5) is 10.1 Å². The summed E-state index contributed by atoms with van der Waals surface area (Å²) in [5.74, 6) is -0.970. The Bertz CT molecular complexity index is 338. The van der Waals surface area contributed by atoms with Crippen LogP contribution in [0.25, 0.3) is 0 Å². The minimum atomic E-state index is -1.04. The fraction of sp³-hybridized carbons (Fsp3) is 0.250. The molecule has 0 aliphatic rings. The van der Waals surface area contributed by atoms with E-state index in [1.54, 1.807) is 0 Å². The minimum absolute atomic E-state index is 0.0609. The van der Waals surface area contributed by atoms with Crippen LogP contribution < -0.4 is 0 Å². The van der Waals surface area contributed by atoms with Crippen LogP contribution in [0.1, 0.15) is 18.6 Å². The molecule has 0 saturated heterocycles. The third-order valence-electron chi connectivity index (χ3n) is 1.65. The predicted molar refractivity (Wildman–Crippen MR) is 43.7 cm³/mol. The van der Waals surface area contributed by atoms with E-state index in [1.807, 2.05) is 0 Å². The number of hydrogen-bond donors (Lipinski definition) is 1. The normalized spacial score (nSPS) is 12.5. The zero-order valence-corrected chi connectivity index (χ0v) is 6.90. The maximum absolute atomic E-state index is 13.2. The highest BCUT2D eigenvalue weighted by atomic mass is 19.1. The van der Waals surface area contributed by atoms with Gasteiger partial charge in [-0.2, -0.15) is 4.39 Å². The van der Waals surface area contributed by atoms with Crippen molar-refractivity contribution in [2.24, 2.45) is 0 Å². The molecule has 1 unspecified atom stereocenters. The van der Waals surface area contributed by atoms with Gasteiger partial charge in [-0.25, -0.2) is 0 Å². The maximum atomic E-state index is 13.2. The van der Waals surface area contributed by atoms with E-state index in [0.29, 0.717) is 0 Å². The molecule has 0 radical (unpaired) electrons. The Morgan fingerprint density at radius 2 is 2.23 bits per heavy atom. The highest BCUT2D eigenvalue weighted by Crippen LogP contribution is 2.24. The summed E-state index contributed by atoms with van der Waals surface area (Å²) in [4.78, 5) is 9.46. The Kier molecular flexibility index (Phi) is 2.57. The van der Waals surface area contributed by atoms with Crippen LogP contribution in [0.3, 0.4) is 0 Å². The van der Waals surface area contributed by atoms with Crippen molar-refractivity contribution in [1.29, 1.82) is 0 Å². The lowest BCUT2D eigenvalue weighted by Crippen LogP contribution is -2.00. The fourth-order valence-corrected chi connectivity index (χ4v) is 1.00. The van der Waals surface area contributed by atoms with Crippen LogP contribution >= 0.6 is 0 Å². The molecule has 1 aromatic rings. The molecule has 4 nitrogen and oxygen atoms in total. The molecule has 1 aromatic carbocycles. The average molecular weight is 185 g/mol. The fourth-order valence-electron chi connectivity index (χ4n) is 1.00. The van der Waals surface area contributed by atoms with Gasteiger partial charge in [-0.3, -0.25) is 10.1 Å².